The van der Waals surface area contributed by atoms with Crippen molar-refractivity contribution in [3.63, 3.8) is 0 Å². The van der Waals surface area contributed by atoms with Gasteiger partial charge < -0.3 is 25.6 Å². The number of aliphatic carboxylic acids is 1. The number of guanidine groups is 1. The molecule has 0 saturated carbocycles. The number of halogens is 4. The number of carboxylic acid groups (broad SMARTS) is 1. The molecule has 0 fully saturated rings. The van der Waals surface area contributed by atoms with Crippen molar-refractivity contribution in [1.82, 2.24) is 10.6 Å². The molecule has 0 unspecified atom stereocenters. The fourth-order valence-corrected chi connectivity index (χ4v) is 4.13. The van der Waals surface area contributed by atoms with Gasteiger partial charge in [-0.15, -0.1) is 5.11 Å². The van der Waals surface area contributed by atoms with Crippen molar-refractivity contribution >= 4 is 29.6 Å². The Morgan fingerprint density at radius 3 is 2.25 bits per heavy atom. The summed E-state index contributed by atoms with van der Waals surface area (Å²) in [5.74, 6) is -3.03. The second-order valence-electron chi connectivity index (χ2n) is 9.83. The Bertz CT molecular complexity index is 1700. The molecule has 4 rings (SSSR count). The Morgan fingerprint density at radius 1 is 0.979 bits per heavy atom. The van der Waals surface area contributed by atoms with Crippen LogP contribution >= 0.6 is 0 Å². The molecular formula is C31H31F4N7O6. The average molecular weight is 674 g/mol. The van der Waals surface area contributed by atoms with Crippen molar-refractivity contribution in [1.29, 1.82) is 0 Å². The van der Waals surface area contributed by atoms with E-state index in [0.717, 1.165) is 5.56 Å². The third-order valence-corrected chi connectivity index (χ3v) is 6.38. The van der Waals surface area contributed by atoms with Crippen LogP contribution in [-0.4, -0.2) is 67.8 Å². The number of rotatable bonds is 11. The molecule has 17 heteroatoms. The number of alkyl halides is 3. The highest BCUT2D eigenvalue weighted by Gasteiger charge is 2.38. The van der Waals surface area contributed by atoms with Gasteiger partial charge in [-0.25, -0.2) is 19.2 Å². The summed E-state index contributed by atoms with van der Waals surface area (Å²) in [4.78, 5) is 43.2. The largest absolute Gasteiger partial charge is 0.493 e. The maximum atomic E-state index is 14.3. The first kappa shape index (κ1) is 36.6. The lowest BCUT2D eigenvalue weighted by molar-refractivity contribution is -0.192. The van der Waals surface area contributed by atoms with Crippen LogP contribution in [0.5, 0.6) is 11.5 Å². The summed E-state index contributed by atoms with van der Waals surface area (Å²) in [6, 6.07) is 17.9. The molecule has 0 aliphatic carbocycles. The van der Waals surface area contributed by atoms with E-state index in [0.29, 0.717) is 22.6 Å². The van der Waals surface area contributed by atoms with Gasteiger partial charge in [0.1, 0.15) is 11.9 Å². The van der Waals surface area contributed by atoms with Gasteiger partial charge >= 0.3 is 12.1 Å². The van der Waals surface area contributed by atoms with Crippen LogP contribution in [0.4, 0.5) is 17.6 Å². The summed E-state index contributed by atoms with van der Waals surface area (Å²) in [5, 5.41) is 20.1. The number of hydrogen-bond acceptors (Lipinski definition) is 9. The number of nitrogens with one attached hydrogen (secondary N) is 2. The number of azo groups is 1. The molecule has 1 heterocycles. The number of carbonyl (C=O) groups is 3. The van der Waals surface area contributed by atoms with Crippen LogP contribution in [0.15, 0.2) is 86.9 Å². The molecule has 13 nitrogen and oxygen atoms in total. The molecule has 1 aliphatic rings. The molecule has 0 aromatic heterocycles. The van der Waals surface area contributed by atoms with Crippen molar-refractivity contribution in [2.45, 2.75) is 31.6 Å². The van der Waals surface area contributed by atoms with Gasteiger partial charge in [0.15, 0.2) is 30.0 Å². The molecule has 48 heavy (non-hydrogen) atoms. The molecular weight excluding hydrogens is 642 g/mol. The minimum atomic E-state index is -5.08. The number of ether oxygens (including phenoxy) is 2. The predicted molar refractivity (Wildman–Crippen MR) is 165 cm³/mol. The molecule has 0 bridgehead atoms. The molecule has 0 saturated heterocycles. The van der Waals surface area contributed by atoms with Crippen molar-refractivity contribution in [2.24, 2.45) is 25.9 Å². The first-order valence-electron chi connectivity index (χ1n) is 14.0. The van der Waals surface area contributed by atoms with Crippen molar-refractivity contribution in [3.8, 4) is 11.5 Å². The topological polar surface area (TPSA) is 189 Å². The minimum absolute atomic E-state index is 0.00385. The van der Waals surface area contributed by atoms with Crippen molar-refractivity contribution < 1.29 is 46.5 Å². The monoisotopic (exact) mass is 673 g/mol. The average Bonchev–Trinajstić information content (AvgIpc) is 3.59. The smallest absolute Gasteiger partial charge is 0.490 e. The molecule has 254 valence electrons. The van der Waals surface area contributed by atoms with E-state index in [-0.39, 0.29) is 43.4 Å². The van der Waals surface area contributed by atoms with E-state index in [1.807, 2.05) is 30.3 Å². The van der Waals surface area contributed by atoms with Gasteiger partial charge in [-0.2, -0.15) is 18.3 Å². The molecule has 0 radical (unpaired) electrons. The number of carboxylic acids is 1. The standard InChI is InChI=1S/C29H30FN7O4.C2HF3O2/c1-40-24-11-9-19(14-25(24)41-2)15-26(38)36-29(31)35-23(13-18-6-4-3-5-7-18)28(39)32-16-20-8-10-22(30)21(12-20)27-33-17-34-37-27;3-2(4,5)1(6)7/h3-12,14,23H,13,15-17H2,1-2H3,(H,32,39)(H3,31,35,36,38);(H,6,7)/t23-;/m1./s1. The molecule has 0 spiro atoms. The number of aliphatic imine (C=N–C) groups is 2. The maximum Gasteiger partial charge on any atom is 0.490 e. The van der Waals surface area contributed by atoms with Crippen molar-refractivity contribution in [2.75, 3.05) is 20.9 Å². The van der Waals surface area contributed by atoms with Crippen LogP contribution in [0.25, 0.3) is 0 Å². The van der Waals surface area contributed by atoms with E-state index in [1.165, 1.54) is 20.3 Å². The Balaban J connectivity index is 0.000000804. The van der Waals surface area contributed by atoms with E-state index in [1.54, 1.807) is 30.3 Å². The summed E-state index contributed by atoms with van der Waals surface area (Å²) in [6.07, 6.45) is -4.84. The number of nitrogens with two attached hydrogens (primary N) is 1. The van der Waals surface area contributed by atoms with E-state index < -0.39 is 35.8 Å². The number of nitrogens with zero attached hydrogens (tertiary/aromatic N) is 4. The Morgan fingerprint density at radius 2 is 1.65 bits per heavy atom. The third kappa shape index (κ3) is 11.2. The second-order valence-corrected chi connectivity index (χ2v) is 9.83. The Kier molecular flexibility index (Phi) is 13.1. The van der Waals surface area contributed by atoms with Gasteiger partial charge in [0.2, 0.25) is 11.8 Å². The van der Waals surface area contributed by atoms with Crippen LogP contribution in [0.3, 0.4) is 0 Å². The fourth-order valence-electron chi connectivity index (χ4n) is 4.13. The quantitative estimate of drug-likeness (QED) is 0.136. The lowest BCUT2D eigenvalue weighted by Crippen LogP contribution is -2.42. The maximum absolute atomic E-state index is 14.3. The van der Waals surface area contributed by atoms with Gasteiger partial charge in [0, 0.05) is 13.0 Å². The number of amides is 2. The number of methoxy groups -OCH3 is 2. The molecule has 2 amide bonds. The van der Waals surface area contributed by atoms with Crippen LogP contribution < -0.4 is 25.8 Å². The van der Waals surface area contributed by atoms with Crippen molar-refractivity contribution in [3.05, 3.63) is 94.8 Å². The number of hydrogen-bond donors (Lipinski definition) is 4. The van der Waals surface area contributed by atoms with E-state index >= 15 is 0 Å². The first-order chi connectivity index (χ1) is 22.8. The predicted octanol–water partition coefficient (Wildman–Crippen LogP) is 3.55. The highest BCUT2D eigenvalue weighted by molar-refractivity contribution is 6.00. The Labute approximate surface area is 271 Å². The molecule has 5 N–H and O–H groups in total. The summed E-state index contributed by atoms with van der Waals surface area (Å²) >= 11 is 0. The van der Waals surface area contributed by atoms with E-state index in [9.17, 15) is 27.2 Å². The second kappa shape index (κ2) is 17.2. The van der Waals surface area contributed by atoms with Crippen LogP contribution in [-0.2, 0) is 33.8 Å². The highest BCUT2D eigenvalue weighted by Crippen LogP contribution is 2.27. The summed E-state index contributed by atoms with van der Waals surface area (Å²) in [6.45, 7) is 0.254. The normalized spacial score (nSPS) is 13.0. The van der Waals surface area contributed by atoms with Crippen LogP contribution in [0.1, 0.15) is 22.3 Å². The number of amidine groups is 1. The molecule has 1 aliphatic heterocycles. The fraction of sp³-hybridized carbons (Fsp3) is 0.258. The minimum Gasteiger partial charge on any atom is -0.493 e. The van der Waals surface area contributed by atoms with E-state index in [4.69, 9.17) is 25.1 Å². The summed E-state index contributed by atoms with van der Waals surface area (Å²) in [5.41, 5.74) is 8.43. The third-order valence-electron chi connectivity index (χ3n) is 6.38. The van der Waals surface area contributed by atoms with E-state index in [2.05, 4.69) is 30.8 Å². The molecule has 3 aromatic rings. The molecule has 3 aromatic carbocycles. The van der Waals surface area contributed by atoms with Gasteiger partial charge in [-0.1, -0.05) is 42.5 Å². The molecule has 1 atom stereocenters. The zero-order valence-electron chi connectivity index (χ0n) is 25.6. The van der Waals surface area contributed by atoms with Crippen LogP contribution in [0, 0.1) is 5.82 Å². The Hall–Kier alpha value is -5.87. The lowest BCUT2D eigenvalue weighted by atomic mass is 10.1. The summed E-state index contributed by atoms with van der Waals surface area (Å²) in [7, 11) is 3.04. The van der Waals surface area contributed by atoms with Gasteiger partial charge in [0.05, 0.1) is 26.2 Å². The highest BCUT2D eigenvalue weighted by atomic mass is 19.4. The number of carbonyl (C=O) groups excluding carboxylic acids is 2. The number of benzene rings is 3. The zero-order chi connectivity index (χ0) is 35.3. The van der Waals surface area contributed by atoms with Gasteiger partial charge in [-0.3, -0.25) is 14.9 Å². The SMILES string of the molecule is COc1ccc(CC(=O)NC(N)=N[C@H](Cc2ccccc2)C(=O)NCc2ccc(F)c(C3=NCN=N3)c2)cc1OC.O=C(O)C(F)(F)F. The first-order valence-corrected chi connectivity index (χ1v) is 14.0. The zero-order valence-corrected chi connectivity index (χ0v) is 25.6. The van der Waals surface area contributed by atoms with Gasteiger partial charge in [0.25, 0.3) is 0 Å². The van der Waals surface area contributed by atoms with Crippen LogP contribution in [0.2, 0.25) is 0 Å². The van der Waals surface area contributed by atoms with Gasteiger partial charge in [-0.05, 0) is 41.0 Å². The lowest BCUT2D eigenvalue weighted by Gasteiger charge is -2.15. The summed E-state index contributed by atoms with van der Waals surface area (Å²) < 4.78 is 56.5.